The lowest BCUT2D eigenvalue weighted by molar-refractivity contribution is 0.239. The fourth-order valence-electron chi connectivity index (χ4n) is 1.43. The quantitative estimate of drug-likeness (QED) is 0.874. The van der Waals surface area contributed by atoms with Gasteiger partial charge in [0.2, 0.25) is 0 Å². The Morgan fingerprint density at radius 1 is 1.33 bits per heavy atom. The number of hydrogen-bond donors (Lipinski definition) is 1. The van der Waals surface area contributed by atoms with Gasteiger partial charge in [0, 0.05) is 12.5 Å². The lowest BCUT2D eigenvalue weighted by Crippen LogP contribution is -2.14. The van der Waals surface area contributed by atoms with Crippen molar-refractivity contribution in [3.63, 3.8) is 0 Å². The largest absolute Gasteiger partial charge is 0.490 e. The minimum absolute atomic E-state index is 0.265. The molecule has 0 radical (unpaired) electrons. The van der Waals surface area contributed by atoms with E-state index in [2.05, 4.69) is 44.6 Å². The zero-order valence-corrected chi connectivity index (χ0v) is 12.2. The topological polar surface area (TPSA) is 61.0 Å². The van der Waals surface area contributed by atoms with E-state index in [4.69, 9.17) is 10.5 Å². The predicted molar refractivity (Wildman–Crippen MR) is 73.6 cm³/mol. The Balaban J connectivity index is 2.71. The van der Waals surface area contributed by atoms with Gasteiger partial charge in [-0.2, -0.15) is 0 Å². The number of aromatic nitrogens is 2. The molecule has 0 aromatic carbocycles. The van der Waals surface area contributed by atoms with Crippen molar-refractivity contribution in [1.82, 2.24) is 9.97 Å². The second-order valence-electron chi connectivity index (χ2n) is 6.06. The zero-order chi connectivity index (χ0) is 13.8. The van der Waals surface area contributed by atoms with E-state index in [9.17, 15) is 0 Å². The smallest absolute Gasteiger partial charge is 0.160 e. The normalized spacial score (nSPS) is 11.9. The maximum atomic E-state index is 5.73. The van der Waals surface area contributed by atoms with Gasteiger partial charge in [-0.25, -0.2) is 9.97 Å². The van der Waals surface area contributed by atoms with Crippen molar-refractivity contribution in [2.75, 3.05) is 6.61 Å². The molecule has 0 unspecified atom stereocenters. The third kappa shape index (κ3) is 4.61. The van der Waals surface area contributed by atoms with Crippen molar-refractivity contribution in [2.45, 2.75) is 53.5 Å². The van der Waals surface area contributed by atoms with Crippen LogP contribution in [0.2, 0.25) is 0 Å². The first kappa shape index (κ1) is 14.9. The molecule has 0 saturated heterocycles. The van der Waals surface area contributed by atoms with Crippen molar-refractivity contribution in [2.24, 2.45) is 11.1 Å². The van der Waals surface area contributed by atoms with Crippen LogP contribution in [0.25, 0.3) is 0 Å². The summed E-state index contributed by atoms with van der Waals surface area (Å²) in [6.45, 7) is 11.8. The molecular weight excluding hydrogens is 226 g/mol. The molecule has 2 N–H and O–H groups in total. The van der Waals surface area contributed by atoms with Gasteiger partial charge in [-0.3, -0.25) is 0 Å². The SMILES string of the molecule is CC(C)c1ncc(OCCC(C)(C)C)c(CN)n1. The first-order chi connectivity index (χ1) is 8.33. The summed E-state index contributed by atoms with van der Waals surface area (Å²) in [6.07, 6.45) is 2.73. The summed E-state index contributed by atoms with van der Waals surface area (Å²) >= 11 is 0. The molecule has 1 aromatic rings. The molecule has 0 spiro atoms. The third-order valence-corrected chi connectivity index (χ3v) is 2.67. The molecular formula is C14H25N3O. The molecule has 18 heavy (non-hydrogen) atoms. The molecule has 0 aliphatic carbocycles. The van der Waals surface area contributed by atoms with Gasteiger partial charge in [0.15, 0.2) is 5.75 Å². The van der Waals surface area contributed by atoms with Crippen LogP contribution in [-0.2, 0) is 6.54 Å². The number of hydrogen-bond acceptors (Lipinski definition) is 4. The third-order valence-electron chi connectivity index (χ3n) is 2.67. The van der Waals surface area contributed by atoms with E-state index in [-0.39, 0.29) is 5.41 Å². The highest BCUT2D eigenvalue weighted by atomic mass is 16.5. The van der Waals surface area contributed by atoms with Crippen molar-refractivity contribution < 1.29 is 4.74 Å². The molecule has 102 valence electrons. The predicted octanol–water partition coefficient (Wildman–Crippen LogP) is 2.87. The van der Waals surface area contributed by atoms with Crippen LogP contribution in [0.15, 0.2) is 6.20 Å². The van der Waals surface area contributed by atoms with Gasteiger partial charge in [-0.15, -0.1) is 0 Å². The lowest BCUT2D eigenvalue weighted by Gasteiger charge is -2.19. The van der Waals surface area contributed by atoms with Crippen molar-refractivity contribution in [3.8, 4) is 5.75 Å². The van der Waals surface area contributed by atoms with Crippen LogP contribution < -0.4 is 10.5 Å². The summed E-state index contributed by atoms with van der Waals surface area (Å²) in [7, 11) is 0. The van der Waals surface area contributed by atoms with Crippen molar-refractivity contribution in [1.29, 1.82) is 0 Å². The van der Waals surface area contributed by atoms with Gasteiger partial charge in [0.25, 0.3) is 0 Å². The van der Waals surface area contributed by atoms with Gasteiger partial charge >= 0.3 is 0 Å². The Labute approximate surface area is 110 Å². The molecule has 0 aliphatic heterocycles. The molecule has 4 heteroatoms. The molecule has 0 atom stereocenters. The summed E-state index contributed by atoms with van der Waals surface area (Å²) in [5.74, 6) is 1.84. The second kappa shape index (κ2) is 6.14. The van der Waals surface area contributed by atoms with Gasteiger partial charge < -0.3 is 10.5 Å². The standard InChI is InChI=1S/C14H25N3O/c1-10(2)13-16-9-12(11(8-15)17-13)18-7-6-14(3,4)5/h9-10H,6-8,15H2,1-5H3. The average Bonchev–Trinajstić information content (AvgIpc) is 2.27. The molecule has 1 rings (SSSR count). The summed E-state index contributed by atoms with van der Waals surface area (Å²) in [6, 6.07) is 0. The summed E-state index contributed by atoms with van der Waals surface area (Å²) in [5, 5.41) is 0. The van der Waals surface area contributed by atoms with Crippen LogP contribution in [0.5, 0.6) is 5.75 Å². The lowest BCUT2D eigenvalue weighted by atomic mass is 9.93. The monoisotopic (exact) mass is 251 g/mol. The summed E-state index contributed by atoms with van der Waals surface area (Å²) in [5.41, 5.74) is 6.77. The number of nitrogens with zero attached hydrogens (tertiary/aromatic N) is 2. The molecule has 0 bridgehead atoms. The van der Waals surface area contributed by atoms with Crippen LogP contribution in [0.3, 0.4) is 0 Å². The van der Waals surface area contributed by atoms with Crippen molar-refractivity contribution >= 4 is 0 Å². The highest BCUT2D eigenvalue weighted by Crippen LogP contribution is 2.21. The van der Waals surface area contributed by atoms with Gasteiger partial charge in [0.1, 0.15) is 5.82 Å². The first-order valence-electron chi connectivity index (χ1n) is 6.52. The second-order valence-corrected chi connectivity index (χ2v) is 6.06. The van der Waals surface area contributed by atoms with E-state index in [1.807, 2.05) is 0 Å². The molecule has 0 aliphatic rings. The van der Waals surface area contributed by atoms with E-state index in [1.54, 1.807) is 6.20 Å². The van der Waals surface area contributed by atoms with Crippen LogP contribution in [0.1, 0.15) is 58.5 Å². The maximum Gasteiger partial charge on any atom is 0.160 e. The van der Waals surface area contributed by atoms with Gasteiger partial charge in [-0.1, -0.05) is 34.6 Å². The maximum absolute atomic E-state index is 5.73. The molecule has 4 nitrogen and oxygen atoms in total. The highest BCUT2D eigenvalue weighted by Gasteiger charge is 2.13. The van der Waals surface area contributed by atoms with Gasteiger partial charge in [-0.05, 0) is 11.8 Å². The Kier molecular flexibility index (Phi) is 5.08. The highest BCUT2D eigenvalue weighted by molar-refractivity contribution is 5.25. The average molecular weight is 251 g/mol. The van der Waals surface area contributed by atoms with E-state index in [0.717, 1.165) is 17.9 Å². The molecule has 1 heterocycles. The van der Waals surface area contributed by atoms with Crippen LogP contribution in [0.4, 0.5) is 0 Å². The minimum atomic E-state index is 0.265. The first-order valence-corrected chi connectivity index (χ1v) is 6.52. The fourth-order valence-corrected chi connectivity index (χ4v) is 1.43. The van der Waals surface area contributed by atoms with E-state index < -0.39 is 0 Å². The van der Waals surface area contributed by atoms with Crippen molar-refractivity contribution in [3.05, 3.63) is 17.7 Å². The van der Waals surface area contributed by atoms with E-state index in [1.165, 1.54) is 0 Å². The Bertz CT molecular complexity index is 383. The molecule has 1 aromatic heterocycles. The fraction of sp³-hybridized carbons (Fsp3) is 0.714. The molecule has 0 saturated carbocycles. The molecule has 0 fully saturated rings. The zero-order valence-electron chi connectivity index (χ0n) is 12.2. The van der Waals surface area contributed by atoms with E-state index >= 15 is 0 Å². The number of ether oxygens (including phenoxy) is 1. The Morgan fingerprint density at radius 3 is 2.50 bits per heavy atom. The number of nitrogens with two attached hydrogens (primary N) is 1. The number of rotatable bonds is 5. The van der Waals surface area contributed by atoms with Gasteiger partial charge in [0.05, 0.1) is 18.5 Å². The minimum Gasteiger partial charge on any atom is -0.490 e. The van der Waals surface area contributed by atoms with E-state index in [0.29, 0.717) is 24.8 Å². The van der Waals surface area contributed by atoms with Crippen LogP contribution in [0, 0.1) is 5.41 Å². The summed E-state index contributed by atoms with van der Waals surface area (Å²) in [4.78, 5) is 8.75. The Hall–Kier alpha value is -1.16. The summed E-state index contributed by atoms with van der Waals surface area (Å²) < 4.78 is 5.73. The van der Waals surface area contributed by atoms with Crippen LogP contribution >= 0.6 is 0 Å². The Morgan fingerprint density at radius 2 is 2.00 bits per heavy atom. The molecule has 0 amide bonds. The van der Waals surface area contributed by atoms with Crippen LogP contribution in [-0.4, -0.2) is 16.6 Å².